The summed E-state index contributed by atoms with van der Waals surface area (Å²) in [7, 11) is 0. The summed E-state index contributed by atoms with van der Waals surface area (Å²) in [6, 6.07) is 15.4. The van der Waals surface area contributed by atoms with Crippen LogP contribution in [0.25, 0.3) is 11.1 Å². The number of ether oxygens (including phenoxy) is 1. The maximum atomic E-state index is 12.6. The summed E-state index contributed by atoms with van der Waals surface area (Å²) < 4.78 is 5.49. The Kier molecular flexibility index (Phi) is 5.67. The van der Waals surface area contributed by atoms with Gasteiger partial charge in [0.1, 0.15) is 12.6 Å². The van der Waals surface area contributed by atoms with Crippen LogP contribution in [0.2, 0.25) is 0 Å². The van der Waals surface area contributed by atoms with E-state index >= 15 is 0 Å². The first-order chi connectivity index (χ1) is 14.9. The van der Waals surface area contributed by atoms with Gasteiger partial charge in [-0.15, -0.1) is 0 Å². The van der Waals surface area contributed by atoms with Crippen LogP contribution in [0.1, 0.15) is 30.9 Å². The molecule has 3 atom stereocenters. The molecule has 1 aliphatic carbocycles. The molecular weight excluding hydrogens is 396 g/mol. The Morgan fingerprint density at radius 3 is 2.19 bits per heavy atom. The van der Waals surface area contributed by atoms with E-state index in [1.165, 1.54) is 4.90 Å². The van der Waals surface area contributed by atoms with Crippen molar-refractivity contribution >= 4 is 18.0 Å². The number of nitrogens with one attached hydrogen (secondary N) is 1. The van der Waals surface area contributed by atoms with E-state index in [0.29, 0.717) is 6.54 Å². The normalized spacial score (nSPS) is 20.6. The van der Waals surface area contributed by atoms with Crippen molar-refractivity contribution in [2.24, 2.45) is 11.8 Å². The van der Waals surface area contributed by atoms with Crippen molar-refractivity contribution in [3.8, 4) is 11.1 Å². The van der Waals surface area contributed by atoms with Crippen molar-refractivity contribution in [3.63, 3.8) is 0 Å². The number of carbonyl (C=O) groups is 3. The largest absolute Gasteiger partial charge is 0.481 e. The Morgan fingerprint density at radius 2 is 1.65 bits per heavy atom. The van der Waals surface area contributed by atoms with E-state index in [0.717, 1.165) is 22.3 Å². The Balaban J connectivity index is 1.36. The molecule has 2 amide bonds. The Labute approximate surface area is 181 Å². The van der Waals surface area contributed by atoms with Gasteiger partial charge in [0.15, 0.2) is 0 Å². The summed E-state index contributed by atoms with van der Waals surface area (Å²) in [6.45, 7) is 4.10. The molecule has 0 radical (unpaired) electrons. The smallest absolute Gasteiger partial charge is 0.407 e. The van der Waals surface area contributed by atoms with Gasteiger partial charge in [0.25, 0.3) is 0 Å². The second-order valence-corrected chi connectivity index (χ2v) is 8.36. The summed E-state index contributed by atoms with van der Waals surface area (Å²) in [5.74, 6) is -1.96. The van der Waals surface area contributed by atoms with Crippen LogP contribution in [0.15, 0.2) is 48.5 Å². The molecular formula is C24H26N2O5. The van der Waals surface area contributed by atoms with Gasteiger partial charge in [-0.25, -0.2) is 4.79 Å². The molecule has 1 fully saturated rings. The fourth-order valence-electron chi connectivity index (χ4n) is 4.62. The second-order valence-electron chi connectivity index (χ2n) is 8.36. The molecule has 0 unspecified atom stereocenters. The molecule has 2 aromatic rings. The summed E-state index contributed by atoms with van der Waals surface area (Å²) >= 11 is 0. The molecule has 0 bridgehead atoms. The van der Waals surface area contributed by atoms with E-state index in [1.54, 1.807) is 6.92 Å². The lowest BCUT2D eigenvalue weighted by Gasteiger charge is -2.22. The molecule has 2 aliphatic rings. The summed E-state index contributed by atoms with van der Waals surface area (Å²) in [5.41, 5.74) is 4.52. The Bertz CT molecular complexity index is 975. The van der Waals surface area contributed by atoms with Crippen LogP contribution in [0.4, 0.5) is 4.79 Å². The van der Waals surface area contributed by atoms with Crippen LogP contribution in [0, 0.1) is 11.8 Å². The van der Waals surface area contributed by atoms with Gasteiger partial charge < -0.3 is 20.1 Å². The number of rotatable bonds is 5. The number of carboxylic acid groups (broad SMARTS) is 1. The molecule has 1 aliphatic heterocycles. The number of hydrogen-bond acceptors (Lipinski definition) is 4. The van der Waals surface area contributed by atoms with Gasteiger partial charge in [0.05, 0.1) is 5.92 Å². The van der Waals surface area contributed by atoms with Gasteiger partial charge in [0.2, 0.25) is 5.91 Å². The van der Waals surface area contributed by atoms with Crippen molar-refractivity contribution in [2.45, 2.75) is 25.8 Å². The van der Waals surface area contributed by atoms with Crippen LogP contribution in [-0.4, -0.2) is 53.7 Å². The highest BCUT2D eigenvalue weighted by molar-refractivity contribution is 5.86. The van der Waals surface area contributed by atoms with Crippen LogP contribution in [-0.2, 0) is 14.3 Å². The zero-order chi connectivity index (χ0) is 22.1. The first-order valence-corrected chi connectivity index (χ1v) is 10.5. The molecule has 162 valence electrons. The molecule has 7 nitrogen and oxygen atoms in total. The minimum atomic E-state index is -0.903. The van der Waals surface area contributed by atoms with Crippen LogP contribution < -0.4 is 5.32 Å². The number of aliphatic carboxylic acids is 1. The predicted octanol–water partition coefficient (Wildman–Crippen LogP) is 3.09. The molecule has 0 saturated carbocycles. The molecule has 0 spiro atoms. The van der Waals surface area contributed by atoms with E-state index in [1.807, 2.05) is 43.3 Å². The summed E-state index contributed by atoms with van der Waals surface area (Å²) in [5, 5.41) is 11.8. The lowest BCUT2D eigenvalue weighted by Crippen LogP contribution is -2.46. The molecule has 31 heavy (non-hydrogen) atoms. The van der Waals surface area contributed by atoms with Gasteiger partial charge >= 0.3 is 12.1 Å². The third-order valence-corrected chi connectivity index (χ3v) is 6.29. The number of hydrogen-bond donors (Lipinski definition) is 2. The Morgan fingerprint density at radius 1 is 1.06 bits per heavy atom. The maximum absolute atomic E-state index is 12.6. The van der Waals surface area contributed by atoms with Crippen LogP contribution in [0.5, 0.6) is 0 Å². The zero-order valence-electron chi connectivity index (χ0n) is 17.6. The fourth-order valence-corrected chi connectivity index (χ4v) is 4.62. The Hall–Kier alpha value is -3.35. The number of carbonyl (C=O) groups excluding carboxylic acids is 2. The lowest BCUT2D eigenvalue weighted by atomic mass is 9.98. The van der Waals surface area contributed by atoms with Crippen molar-refractivity contribution in [1.82, 2.24) is 10.2 Å². The van der Waals surface area contributed by atoms with Crippen molar-refractivity contribution in [3.05, 3.63) is 59.7 Å². The number of amides is 2. The standard InChI is InChI=1S/C24H26N2O5/c1-14-11-26(12-20(14)23(28)29)22(27)15(2)25-24(30)31-13-21-18-9-5-3-7-16(18)17-8-4-6-10-19(17)21/h3-10,14-15,20-21H,11-13H2,1-2H3,(H,25,30)(H,28,29)/t14-,15-,20-/m1/s1. The van der Waals surface area contributed by atoms with E-state index < -0.39 is 24.0 Å². The van der Waals surface area contributed by atoms with E-state index in [2.05, 4.69) is 17.4 Å². The zero-order valence-corrected chi connectivity index (χ0v) is 17.6. The van der Waals surface area contributed by atoms with Gasteiger partial charge in [-0.3, -0.25) is 9.59 Å². The molecule has 2 N–H and O–H groups in total. The molecule has 7 heteroatoms. The first kappa shape index (κ1) is 20.9. The minimum absolute atomic E-state index is 0.0556. The van der Waals surface area contributed by atoms with Crippen molar-refractivity contribution in [1.29, 1.82) is 0 Å². The van der Waals surface area contributed by atoms with Gasteiger partial charge in [-0.05, 0) is 35.1 Å². The average Bonchev–Trinajstić information content (AvgIpc) is 3.30. The number of fused-ring (bicyclic) bond motifs is 3. The maximum Gasteiger partial charge on any atom is 0.407 e. The first-order valence-electron chi connectivity index (χ1n) is 10.5. The topological polar surface area (TPSA) is 95.9 Å². The highest BCUT2D eigenvalue weighted by atomic mass is 16.5. The van der Waals surface area contributed by atoms with E-state index in [4.69, 9.17) is 4.74 Å². The summed E-state index contributed by atoms with van der Waals surface area (Å²) in [6.07, 6.45) is -0.662. The predicted molar refractivity (Wildman–Crippen MR) is 115 cm³/mol. The molecule has 1 heterocycles. The lowest BCUT2D eigenvalue weighted by molar-refractivity contribution is -0.142. The summed E-state index contributed by atoms with van der Waals surface area (Å²) in [4.78, 5) is 37.8. The minimum Gasteiger partial charge on any atom is -0.481 e. The van der Waals surface area contributed by atoms with Crippen LogP contribution in [0.3, 0.4) is 0 Å². The average molecular weight is 422 g/mol. The van der Waals surface area contributed by atoms with Gasteiger partial charge in [-0.2, -0.15) is 0 Å². The third-order valence-electron chi connectivity index (χ3n) is 6.29. The van der Waals surface area contributed by atoms with Crippen molar-refractivity contribution < 1.29 is 24.2 Å². The van der Waals surface area contributed by atoms with Gasteiger partial charge in [0, 0.05) is 19.0 Å². The second kappa shape index (κ2) is 8.41. The highest BCUT2D eigenvalue weighted by Crippen LogP contribution is 2.44. The number of nitrogens with zero attached hydrogens (tertiary/aromatic N) is 1. The van der Waals surface area contributed by atoms with E-state index in [9.17, 15) is 19.5 Å². The number of likely N-dealkylation sites (tertiary alicyclic amines) is 1. The monoisotopic (exact) mass is 422 g/mol. The highest BCUT2D eigenvalue weighted by Gasteiger charge is 2.38. The number of alkyl carbamates (subject to hydrolysis) is 1. The SMILES string of the molecule is C[C@@H]1CN(C(=O)[C@@H](C)NC(=O)OCC2c3ccccc3-c3ccccc32)C[C@H]1C(=O)O. The quantitative estimate of drug-likeness (QED) is 0.772. The third kappa shape index (κ3) is 4.00. The number of benzene rings is 2. The fraction of sp³-hybridized carbons (Fsp3) is 0.375. The molecule has 2 aromatic carbocycles. The molecule has 4 rings (SSSR count). The number of carboxylic acids is 1. The molecule has 0 aromatic heterocycles. The molecule has 1 saturated heterocycles. The van der Waals surface area contributed by atoms with Crippen molar-refractivity contribution in [2.75, 3.05) is 19.7 Å². The van der Waals surface area contributed by atoms with Gasteiger partial charge in [-0.1, -0.05) is 55.5 Å². The van der Waals surface area contributed by atoms with E-state index in [-0.39, 0.29) is 30.9 Å². The van der Waals surface area contributed by atoms with Crippen LogP contribution >= 0.6 is 0 Å².